The highest BCUT2D eigenvalue weighted by molar-refractivity contribution is 5.77. The van der Waals surface area contributed by atoms with Crippen molar-refractivity contribution >= 4 is 5.91 Å². The highest BCUT2D eigenvalue weighted by Crippen LogP contribution is 2.24. The Morgan fingerprint density at radius 3 is 2.50 bits per heavy atom. The number of carbonyl (C=O) groups excluding carboxylic acids is 1. The molecule has 0 aliphatic carbocycles. The molecule has 1 rings (SSSR count). The molecule has 0 aromatic carbocycles. The smallest absolute Gasteiger partial charge is 0.224 e. The van der Waals surface area contributed by atoms with Crippen LogP contribution in [-0.4, -0.2) is 29.4 Å². The average molecular weight is 226 g/mol. The number of nitrogens with zero attached hydrogens (tertiary/aromatic N) is 1. The van der Waals surface area contributed by atoms with Gasteiger partial charge in [0.05, 0.1) is 0 Å². The van der Waals surface area contributed by atoms with E-state index in [1.165, 1.54) is 0 Å². The minimum Gasteiger partial charge on any atom is -0.339 e. The van der Waals surface area contributed by atoms with E-state index in [1.807, 2.05) is 4.90 Å². The van der Waals surface area contributed by atoms with Crippen molar-refractivity contribution in [3.05, 3.63) is 0 Å². The molecule has 2 N–H and O–H groups in total. The lowest BCUT2D eigenvalue weighted by Crippen LogP contribution is -2.42. The van der Waals surface area contributed by atoms with Crippen molar-refractivity contribution < 1.29 is 4.79 Å². The summed E-state index contributed by atoms with van der Waals surface area (Å²) in [5.41, 5.74) is 5.96. The topological polar surface area (TPSA) is 46.3 Å². The lowest BCUT2D eigenvalue weighted by atomic mass is 9.99. The molecule has 2 atom stereocenters. The first-order chi connectivity index (χ1) is 7.43. The fourth-order valence-corrected chi connectivity index (χ4v) is 2.35. The number of hydrogen-bond donors (Lipinski definition) is 1. The first-order valence-corrected chi connectivity index (χ1v) is 6.48. The van der Waals surface area contributed by atoms with Gasteiger partial charge in [-0.25, -0.2) is 0 Å². The fraction of sp³-hybridized carbons (Fsp3) is 0.923. The Hall–Kier alpha value is -0.570. The van der Waals surface area contributed by atoms with Crippen LogP contribution >= 0.6 is 0 Å². The van der Waals surface area contributed by atoms with Crippen LogP contribution < -0.4 is 5.73 Å². The predicted molar refractivity (Wildman–Crippen MR) is 67.0 cm³/mol. The van der Waals surface area contributed by atoms with Crippen LogP contribution in [0.2, 0.25) is 0 Å². The van der Waals surface area contributed by atoms with Crippen molar-refractivity contribution in [2.75, 3.05) is 6.54 Å². The van der Waals surface area contributed by atoms with Crippen LogP contribution in [-0.2, 0) is 4.79 Å². The summed E-state index contributed by atoms with van der Waals surface area (Å²) in [6, 6.07) is 0.438. The number of amides is 1. The molecule has 1 saturated heterocycles. The maximum Gasteiger partial charge on any atom is 0.224 e. The van der Waals surface area contributed by atoms with E-state index >= 15 is 0 Å². The van der Waals surface area contributed by atoms with Crippen molar-refractivity contribution in [2.45, 2.75) is 59.0 Å². The molecule has 0 aromatic rings. The van der Waals surface area contributed by atoms with E-state index in [2.05, 4.69) is 27.7 Å². The van der Waals surface area contributed by atoms with Crippen molar-refractivity contribution in [3.63, 3.8) is 0 Å². The fourth-order valence-electron chi connectivity index (χ4n) is 2.35. The Bertz CT molecular complexity index is 238. The van der Waals surface area contributed by atoms with Crippen LogP contribution in [0.4, 0.5) is 0 Å². The summed E-state index contributed by atoms with van der Waals surface area (Å²) in [4.78, 5) is 14.2. The van der Waals surface area contributed by atoms with Crippen LogP contribution in [0.5, 0.6) is 0 Å². The van der Waals surface area contributed by atoms with Gasteiger partial charge in [0, 0.05) is 25.0 Å². The zero-order valence-corrected chi connectivity index (χ0v) is 11.1. The zero-order chi connectivity index (χ0) is 12.3. The highest BCUT2D eigenvalue weighted by Gasteiger charge is 2.31. The van der Waals surface area contributed by atoms with Crippen LogP contribution in [0.15, 0.2) is 0 Å². The molecule has 1 aliphatic rings. The number of rotatable bonds is 4. The molecule has 0 saturated carbocycles. The van der Waals surface area contributed by atoms with E-state index in [0.717, 1.165) is 19.4 Å². The summed E-state index contributed by atoms with van der Waals surface area (Å²) in [6.07, 6.45) is 2.80. The van der Waals surface area contributed by atoms with E-state index in [0.29, 0.717) is 24.3 Å². The quantitative estimate of drug-likeness (QED) is 0.797. The lowest BCUT2D eigenvalue weighted by molar-refractivity contribution is -0.133. The van der Waals surface area contributed by atoms with E-state index in [9.17, 15) is 4.79 Å². The maximum atomic E-state index is 12.1. The lowest BCUT2D eigenvalue weighted by Gasteiger charge is -2.29. The molecule has 1 fully saturated rings. The third-order valence-electron chi connectivity index (χ3n) is 3.66. The summed E-state index contributed by atoms with van der Waals surface area (Å²) < 4.78 is 0. The van der Waals surface area contributed by atoms with Gasteiger partial charge in [-0.05, 0) is 24.7 Å². The second-order valence-electron chi connectivity index (χ2n) is 5.65. The van der Waals surface area contributed by atoms with Gasteiger partial charge in [-0.1, -0.05) is 27.7 Å². The Kier molecular flexibility index (Phi) is 4.78. The third kappa shape index (κ3) is 3.21. The summed E-state index contributed by atoms with van der Waals surface area (Å²) >= 11 is 0. The van der Waals surface area contributed by atoms with Gasteiger partial charge in [0.2, 0.25) is 5.91 Å². The molecule has 94 valence electrons. The summed E-state index contributed by atoms with van der Waals surface area (Å²) in [5, 5.41) is 0. The monoisotopic (exact) mass is 226 g/mol. The largest absolute Gasteiger partial charge is 0.339 e. The molecule has 3 heteroatoms. The van der Waals surface area contributed by atoms with Crippen molar-refractivity contribution in [3.8, 4) is 0 Å². The number of hydrogen-bond acceptors (Lipinski definition) is 2. The van der Waals surface area contributed by atoms with Gasteiger partial charge >= 0.3 is 0 Å². The summed E-state index contributed by atoms with van der Waals surface area (Å²) in [7, 11) is 0. The SMILES string of the molecule is CC(C)C(N)CC(=O)N1CCCC1C(C)C. The van der Waals surface area contributed by atoms with Gasteiger partial charge < -0.3 is 10.6 Å². The Balaban J connectivity index is 2.53. The van der Waals surface area contributed by atoms with Crippen molar-refractivity contribution in [1.29, 1.82) is 0 Å². The molecule has 0 radical (unpaired) electrons. The van der Waals surface area contributed by atoms with Crippen LogP contribution in [0, 0.1) is 11.8 Å². The van der Waals surface area contributed by atoms with Gasteiger partial charge in [-0.3, -0.25) is 4.79 Å². The zero-order valence-electron chi connectivity index (χ0n) is 11.1. The van der Waals surface area contributed by atoms with Gasteiger partial charge in [0.15, 0.2) is 0 Å². The van der Waals surface area contributed by atoms with Crippen LogP contribution in [0.25, 0.3) is 0 Å². The van der Waals surface area contributed by atoms with E-state index < -0.39 is 0 Å². The molecule has 0 bridgehead atoms. The highest BCUT2D eigenvalue weighted by atomic mass is 16.2. The number of nitrogens with two attached hydrogens (primary N) is 1. The Labute approximate surface area is 99.4 Å². The molecule has 16 heavy (non-hydrogen) atoms. The molecule has 0 aromatic heterocycles. The molecule has 1 amide bonds. The molecule has 3 nitrogen and oxygen atoms in total. The van der Waals surface area contributed by atoms with E-state index in [-0.39, 0.29) is 11.9 Å². The van der Waals surface area contributed by atoms with Gasteiger partial charge in [-0.15, -0.1) is 0 Å². The Morgan fingerprint density at radius 2 is 2.00 bits per heavy atom. The van der Waals surface area contributed by atoms with Crippen LogP contribution in [0.3, 0.4) is 0 Å². The second-order valence-corrected chi connectivity index (χ2v) is 5.65. The average Bonchev–Trinajstić information content (AvgIpc) is 2.65. The Morgan fingerprint density at radius 1 is 1.38 bits per heavy atom. The standard InChI is InChI=1S/C13H26N2O/c1-9(2)11(14)8-13(16)15-7-5-6-12(15)10(3)4/h9-12H,5-8,14H2,1-4H3. The minimum absolute atomic E-state index is 0.000845. The molecule has 1 aliphatic heterocycles. The summed E-state index contributed by atoms with van der Waals surface area (Å²) in [5.74, 6) is 1.18. The molecular formula is C13H26N2O. The first-order valence-electron chi connectivity index (χ1n) is 6.48. The van der Waals surface area contributed by atoms with E-state index in [1.54, 1.807) is 0 Å². The van der Waals surface area contributed by atoms with Crippen molar-refractivity contribution in [1.82, 2.24) is 4.90 Å². The van der Waals surface area contributed by atoms with E-state index in [4.69, 9.17) is 5.73 Å². The van der Waals surface area contributed by atoms with Crippen LogP contribution in [0.1, 0.15) is 47.0 Å². The first kappa shape index (κ1) is 13.5. The minimum atomic E-state index is 0.000845. The molecule has 2 unspecified atom stereocenters. The predicted octanol–water partition coefficient (Wildman–Crippen LogP) is 2.01. The maximum absolute atomic E-state index is 12.1. The normalized spacial score (nSPS) is 23.2. The van der Waals surface area contributed by atoms with Crippen molar-refractivity contribution in [2.24, 2.45) is 17.6 Å². The molecular weight excluding hydrogens is 200 g/mol. The van der Waals surface area contributed by atoms with Gasteiger partial charge in [0.25, 0.3) is 0 Å². The van der Waals surface area contributed by atoms with Gasteiger partial charge in [-0.2, -0.15) is 0 Å². The second kappa shape index (κ2) is 5.67. The third-order valence-corrected chi connectivity index (χ3v) is 3.66. The molecule has 0 spiro atoms. The van der Waals surface area contributed by atoms with Gasteiger partial charge in [0.1, 0.15) is 0 Å². The number of carbonyl (C=O) groups is 1. The summed E-state index contributed by atoms with van der Waals surface area (Å²) in [6.45, 7) is 9.45. The molecule has 1 heterocycles. The number of likely N-dealkylation sites (tertiary alicyclic amines) is 1.